The lowest BCUT2D eigenvalue weighted by molar-refractivity contribution is -0.385. The van der Waals surface area contributed by atoms with Gasteiger partial charge in [-0.25, -0.2) is 0 Å². The maximum Gasteiger partial charge on any atom is 0.269 e. The molecule has 0 saturated heterocycles. The van der Waals surface area contributed by atoms with Crippen molar-refractivity contribution >= 4 is 28.6 Å². The third-order valence-corrected chi connectivity index (χ3v) is 7.15. The molecule has 0 bridgehead atoms. The summed E-state index contributed by atoms with van der Waals surface area (Å²) >= 11 is 0. The van der Waals surface area contributed by atoms with Crippen molar-refractivity contribution in [2.75, 3.05) is 7.11 Å². The second-order valence-corrected chi connectivity index (χ2v) is 9.16. The molecule has 5 rings (SSSR count). The Balaban J connectivity index is 1.68. The van der Waals surface area contributed by atoms with Crippen LogP contribution in [0.3, 0.4) is 0 Å². The summed E-state index contributed by atoms with van der Waals surface area (Å²) in [7, 11) is 1.60. The maximum absolute atomic E-state index is 12.3. The summed E-state index contributed by atoms with van der Waals surface area (Å²) in [5.41, 5.74) is 3.67. The molecule has 0 unspecified atom stereocenters. The molecule has 9 nitrogen and oxygen atoms in total. The number of nitrogens with zero attached hydrogens (tertiary/aromatic N) is 3. The normalized spacial score (nSPS) is 19.0. The number of ether oxygens (including phenoxy) is 1. The van der Waals surface area contributed by atoms with Crippen molar-refractivity contribution in [1.29, 1.82) is 0 Å². The Labute approximate surface area is 217 Å². The van der Waals surface area contributed by atoms with Gasteiger partial charge in [-0.2, -0.15) is 0 Å². The van der Waals surface area contributed by atoms with Crippen molar-refractivity contribution in [3.8, 4) is 5.75 Å². The van der Waals surface area contributed by atoms with Crippen molar-refractivity contribution in [3.63, 3.8) is 0 Å². The second-order valence-electron chi connectivity index (χ2n) is 9.16. The van der Waals surface area contributed by atoms with Crippen LogP contribution in [0.1, 0.15) is 41.0 Å². The number of fused-ring (bicyclic) bond motifs is 1. The second kappa shape index (κ2) is 10.2. The number of allylic oxidation sites excluding steroid dienone is 2. The van der Waals surface area contributed by atoms with E-state index in [0.29, 0.717) is 17.7 Å². The molecule has 190 valence electrons. The van der Waals surface area contributed by atoms with Crippen LogP contribution in [0.25, 0.3) is 10.9 Å². The fraction of sp³-hybridized carbons (Fsp3) is 0.172. The average Bonchev–Trinajstić information content (AvgIpc) is 2.95. The summed E-state index contributed by atoms with van der Waals surface area (Å²) in [5.74, 6) is -0.175. The molecular formula is C29H23N3O6. The van der Waals surface area contributed by atoms with E-state index in [2.05, 4.69) is 0 Å². The molecule has 3 atom stereocenters. The minimum atomic E-state index is -0.461. The number of rotatable bonds is 7. The van der Waals surface area contributed by atoms with Crippen LogP contribution in [-0.4, -0.2) is 28.2 Å². The van der Waals surface area contributed by atoms with Crippen LogP contribution in [0.2, 0.25) is 0 Å². The molecule has 1 heterocycles. The smallest absolute Gasteiger partial charge is 0.269 e. The summed E-state index contributed by atoms with van der Waals surface area (Å²) in [5, 5.41) is 23.4. The van der Waals surface area contributed by atoms with Gasteiger partial charge < -0.3 is 4.74 Å². The predicted molar refractivity (Wildman–Crippen MR) is 141 cm³/mol. The van der Waals surface area contributed by atoms with Gasteiger partial charge in [0.1, 0.15) is 12.0 Å². The number of nitro groups is 2. The predicted octanol–water partition coefficient (Wildman–Crippen LogP) is 6.24. The van der Waals surface area contributed by atoms with Crippen molar-refractivity contribution in [2.24, 2.45) is 0 Å². The quantitative estimate of drug-likeness (QED) is 0.164. The van der Waals surface area contributed by atoms with Gasteiger partial charge >= 0.3 is 0 Å². The van der Waals surface area contributed by atoms with E-state index in [1.165, 1.54) is 24.3 Å². The van der Waals surface area contributed by atoms with Gasteiger partial charge in [0, 0.05) is 47.2 Å². The van der Waals surface area contributed by atoms with Crippen LogP contribution >= 0.6 is 0 Å². The van der Waals surface area contributed by atoms with E-state index in [9.17, 15) is 25.0 Å². The monoisotopic (exact) mass is 509 g/mol. The largest absolute Gasteiger partial charge is 0.497 e. The maximum atomic E-state index is 12.3. The lowest BCUT2D eigenvalue weighted by Crippen LogP contribution is -2.26. The number of aromatic nitrogens is 1. The van der Waals surface area contributed by atoms with Gasteiger partial charge in [-0.3, -0.25) is 30.0 Å². The summed E-state index contributed by atoms with van der Waals surface area (Å²) < 4.78 is 5.33. The molecular weight excluding hydrogens is 486 g/mol. The van der Waals surface area contributed by atoms with E-state index in [1.54, 1.807) is 31.4 Å². The Bertz CT molecular complexity index is 1560. The Morgan fingerprint density at radius 2 is 1.50 bits per heavy atom. The van der Waals surface area contributed by atoms with Crippen molar-refractivity contribution in [1.82, 2.24) is 4.98 Å². The third kappa shape index (κ3) is 4.61. The number of pyridine rings is 1. The van der Waals surface area contributed by atoms with E-state index in [1.807, 2.05) is 36.4 Å². The molecule has 0 saturated carbocycles. The number of hydrogen-bond acceptors (Lipinski definition) is 7. The van der Waals surface area contributed by atoms with Crippen LogP contribution in [0, 0.1) is 20.2 Å². The van der Waals surface area contributed by atoms with Gasteiger partial charge in [0.05, 0.1) is 22.5 Å². The van der Waals surface area contributed by atoms with Crippen molar-refractivity contribution in [2.45, 2.75) is 24.2 Å². The van der Waals surface area contributed by atoms with E-state index >= 15 is 0 Å². The molecule has 3 aromatic carbocycles. The SMILES string of the molecule is COc1ccc2nc([C@@H]3[C@H](c4ccc([N+](=O)[O-])cc4)CC=C(C=O)[C@H]3c3ccc([N+](=O)[O-])cc3)ccc2c1. The molecule has 0 aliphatic heterocycles. The Morgan fingerprint density at radius 3 is 2.08 bits per heavy atom. The first-order valence-corrected chi connectivity index (χ1v) is 12.0. The Kier molecular flexibility index (Phi) is 6.66. The van der Waals surface area contributed by atoms with Gasteiger partial charge in [0.2, 0.25) is 0 Å². The van der Waals surface area contributed by atoms with Gasteiger partial charge in [-0.05, 0) is 53.3 Å². The number of hydrogen-bond donors (Lipinski definition) is 0. The van der Waals surface area contributed by atoms with Gasteiger partial charge in [0.25, 0.3) is 11.4 Å². The van der Waals surface area contributed by atoms with Crippen LogP contribution in [0.4, 0.5) is 11.4 Å². The molecule has 1 aliphatic carbocycles. The topological polar surface area (TPSA) is 125 Å². The summed E-state index contributed by atoms with van der Waals surface area (Å²) in [4.78, 5) is 38.8. The molecule has 9 heteroatoms. The molecule has 38 heavy (non-hydrogen) atoms. The summed E-state index contributed by atoms with van der Waals surface area (Å²) in [6.45, 7) is 0. The van der Waals surface area contributed by atoms with E-state index in [-0.39, 0.29) is 23.2 Å². The number of carbonyl (C=O) groups is 1. The fourth-order valence-corrected chi connectivity index (χ4v) is 5.30. The number of aldehydes is 1. The summed E-state index contributed by atoms with van der Waals surface area (Å²) in [6.07, 6.45) is 3.24. The zero-order valence-corrected chi connectivity index (χ0v) is 20.4. The summed E-state index contributed by atoms with van der Waals surface area (Å²) in [6, 6.07) is 22.2. The highest BCUT2D eigenvalue weighted by atomic mass is 16.6. The standard InChI is InChI=1S/C29H23N3O6/c1-38-24-12-15-26-20(16-24)7-14-27(30-26)29-25(18-2-8-22(9-3-18)31(34)35)13-6-21(17-33)28(29)19-4-10-23(11-5-19)32(36)37/h2-12,14-17,25,28-29H,13H2,1H3/t25-,28+,29-/m0/s1. The average molecular weight is 510 g/mol. The highest BCUT2D eigenvalue weighted by molar-refractivity contribution is 5.81. The third-order valence-electron chi connectivity index (χ3n) is 7.15. The van der Waals surface area contributed by atoms with Crippen LogP contribution in [0.15, 0.2) is 90.5 Å². The lowest BCUT2D eigenvalue weighted by Gasteiger charge is -2.37. The Morgan fingerprint density at radius 1 is 0.868 bits per heavy atom. The molecule has 0 amide bonds. The molecule has 0 N–H and O–H groups in total. The minimum Gasteiger partial charge on any atom is -0.497 e. The first kappa shape index (κ1) is 24.8. The number of non-ortho nitro benzene ring substituents is 2. The van der Waals surface area contributed by atoms with Gasteiger partial charge in [-0.1, -0.05) is 36.4 Å². The minimum absolute atomic E-state index is 0.00470. The number of carbonyl (C=O) groups excluding carboxylic acids is 1. The van der Waals surface area contributed by atoms with E-state index in [4.69, 9.17) is 9.72 Å². The van der Waals surface area contributed by atoms with Crippen molar-refractivity contribution < 1.29 is 19.4 Å². The lowest BCUT2D eigenvalue weighted by atomic mass is 9.65. The first-order valence-electron chi connectivity index (χ1n) is 12.0. The molecule has 0 spiro atoms. The fourth-order valence-electron chi connectivity index (χ4n) is 5.30. The zero-order valence-electron chi connectivity index (χ0n) is 20.4. The molecule has 0 fully saturated rings. The van der Waals surface area contributed by atoms with Gasteiger partial charge in [-0.15, -0.1) is 0 Å². The first-order chi connectivity index (χ1) is 18.4. The molecule has 1 aromatic heterocycles. The number of nitro benzene ring substituents is 2. The highest BCUT2D eigenvalue weighted by Crippen LogP contribution is 2.51. The number of benzene rings is 3. The van der Waals surface area contributed by atoms with Crippen LogP contribution in [0.5, 0.6) is 5.75 Å². The Hall–Kier alpha value is -4.92. The molecule has 1 aliphatic rings. The van der Waals surface area contributed by atoms with Crippen LogP contribution < -0.4 is 4.74 Å². The molecule has 0 radical (unpaired) electrons. The number of methoxy groups -OCH3 is 1. The van der Waals surface area contributed by atoms with E-state index in [0.717, 1.165) is 34.0 Å². The molecule has 4 aromatic rings. The van der Waals surface area contributed by atoms with Gasteiger partial charge in [0.15, 0.2) is 0 Å². The highest BCUT2D eigenvalue weighted by Gasteiger charge is 2.39. The van der Waals surface area contributed by atoms with E-state index < -0.39 is 15.8 Å². The van der Waals surface area contributed by atoms with Crippen molar-refractivity contribution in [3.05, 3.63) is 128 Å². The van der Waals surface area contributed by atoms with Crippen LogP contribution in [-0.2, 0) is 4.79 Å². The zero-order chi connectivity index (χ0) is 26.8.